The fourth-order valence-corrected chi connectivity index (χ4v) is 4.18. The lowest BCUT2D eigenvalue weighted by molar-refractivity contribution is -0.680. The van der Waals surface area contributed by atoms with E-state index in [0.717, 1.165) is 12.3 Å². The SMILES string of the molecule is O=C1C[C@@H]([NH2+]CC2CCCCC2)C(=O)N1c1ccc(Oc2ccccc2)cc1. The first kappa shape index (κ1) is 18.7. The summed E-state index contributed by atoms with van der Waals surface area (Å²) < 4.78 is 5.78. The van der Waals surface area contributed by atoms with E-state index in [2.05, 4.69) is 5.32 Å². The standard InChI is InChI=1S/C23H26N2O3/c26-22-15-21(24-16-17-7-3-1-4-8-17)23(27)25(22)18-11-13-20(14-12-18)28-19-9-5-2-6-10-19/h2,5-6,9-14,17,21,24H,1,3-4,7-8,15-16H2/p+1/t21-/m1/s1. The molecule has 4 rings (SSSR count). The molecule has 2 N–H and O–H groups in total. The molecule has 2 aromatic rings. The third kappa shape index (κ3) is 4.25. The Balaban J connectivity index is 1.38. The Morgan fingerprint density at radius 3 is 2.29 bits per heavy atom. The predicted molar refractivity (Wildman–Crippen MR) is 107 cm³/mol. The Bertz CT molecular complexity index is 814. The van der Waals surface area contributed by atoms with Gasteiger partial charge in [0.15, 0.2) is 6.04 Å². The van der Waals surface area contributed by atoms with Gasteiger partial charge in [-0.3, -0.25) is 9.59 Å². The molecular formula is C23H27N2O3+. The van der Waals surface area contributed by atoms with Gasteiger partial charge in [-0.05, 0) is 49.2 Å². The fraction of sp³-hybridized carbons (Fsp3) is 0.391. The second kappa shape index (κ2) is 8.57. The lowest BCUT2D eigenvalue weighted by Crippen LogP contribution is -2.92. The van der Waals surface area contributed by atoms with E-state index in [4.69, 9.17) is 4.74 Å². The number of hydrogen-bond donors (Lipinski definition) is 1. The zero-order valence-corrected chi connectivity index (χ0v) is 16.0. The van der Waals surface area contributed by atoms with Crippen molar-refractivity contribution in [3.63, 3.8) is 0 Å². The van der Waals surface area contributed by atoms with E-state index in [1.807, 2.05) is 30.3 Å². The van der Waals surface area contributed by atoms with Crippen molar-refractivity contribution in [2.45, 2.75) is 44.6 Å². The highest BCUT2D eigenvalue weighted by molar-refractivity contribution is 6.21. The molecule has 28 heavy (non-hydrogen) atoms. The number of carbonyl (C=O) groups is 2. The first-order chi connectivity index (χ1) is 13.7. The van der Waals surface area contributed by atoms with E-state index in [1.54, 1.807) is 24.3 Å². The van der Waals surface area contributed by atoms with Crippen LogP contribution in [0.3, 0.4) is 0 Å². The number of nitrogens with zero attached hydrogens (tertiary/aromatic N) is 1. The minimum absolute atomic E-state index is 0.0995. The summed E-state index contributed by atoms with van der Waals surface area (Å²) in [4.78, 5) is 26.6. The van der Waals surface area contributed by atoms with E-state index in [-0.39, 0.29) is 24.3 Å². The molecule has 2 aromatic carbocycles. The van der Waals surface area contributed by atoms with E-state index in [0.29, 0.717) is 17.4 Å². The molecule has 146 valence electrons. The van der Waals surface area contributed by atoms with Crippen molar-refractivity contribution in [1.29, 1.82) is 0 Å². The smallest absolute Gasteiger partial charge is 0.292 e. The van der Waals surface area contributed by atoms with Crippen LogP contribution in [0.25, 0.3) is 0 Å². The number of ether oxygens (including phenoxy) is 1. The molecule has 0 aromatic heterocycles. The maximum atomic E-state index is 12.8. The average Bonchev–Trinajstić information content (AvgIpc) is 3.02. The average molecular weight is 379 g/mol. The van der Waals surface area contributed by atoms with Gasteiger partial charge in [-0.15, -0.1) is 0 Å². The Hall–Kier alpha value is -2.66. The quantitative estimate of drug-likeness (QED) is 0.784. The number of carbonyl (C=O) groups excluding carboxylic acids is 2. The molecule has 1 aliphatic carbocycles. The Morgan fingerprint density at radius 1 is 0.893 bits per heavy atom. The highest BCUT2D eigenvalue weighted by Crippen LogP contribution is 2.27. The Kier molecular flexibility index (Phi) is 5.72. The van der Waals surface area contributed by atoms with Crippen LogP contribution in [0.5, 0.6) is 11.5 Å². The Labute approximate surface area is 165 Å². The van der Waals surface area contributed by atoms with Crippen LogP contribution in [-0.4, -0.2) is 24.4 Å². The van der Waals surface area contributed by atoms with Crippen molar-refractivity contribution in [3.8, 4) is 11.5 Å². The van der Waals surface area contributed by atoms with E-state index >= 15 is 0 Å². The monoisotopic (exact) mass is 379 g/mol. The molecule has 0 spiro atoms. The maximum Gasteiger partial charge on any atom is 0.292 e. The topological polar surface area (TPSA) is 63.2 Å². The van der Waals surface area contributed by atoms with Crippen molar-refractivity contribution in [2.75, 3.05) is 11.4 Å². The molecule has 0 radical (unpaired) electrons. The van der Waals surface area contributed by atoms with Gasteiger partial charge in [-0.1, -0.05) is 37.5 Å². The minimum Gasteiger partial charge on any atom is -0.457 e. The molecule has 2 fully saturated rings. The molecule has 1 saturated carbocycles. The molecule has 0 unspecified atom stereocenters. The molecule has 1 saturated heterocycles. The largest absolute Gasteiger partial charge is 0.457 e. The zero-order valence-electron chi connectivity index (χ0n) is 16.0. The van der Waals surface area contributed by atoms with Gasteiger partial charge in [0, 0.05) is 5.92 Å². The number of nitrogens with two attached hydrogens (primary N) is 1. The van der Waals surface area contributed by atoms with Gasteiger partial charge in [0.25, 0.3) is 5.91 Å². The van der Waals surface area contributed by atoms with Crippen LogP contribution in [-0.2, 0) is 9.59 Å². The third-order valence-electron chi connectivity index (χ3n) is 5.73. The molecule has 5 heteroatoms. The van der Waals surface area contributed by atoms with Gasteiger partial charge < -0.3 is 10.1 Å². The van der Waals surface area contributed by atoms with Gasteiger partial charge in [0.1, 0.15) is 11.5 Å². The lowest BCUT2D eigenvalue weighted by Gasteiger charge is -2.21. The molecule has 1 aliphatic heterocycles. The minimum atomic E-state index is -0.283. The fourth-order valence-electron chi connectivity index (χ4n) is 4.18. The van der Waals surface area contributed by atoms with Crippen LogP contribution in [0.15, 0.2) is 54.6 Å². The van der Waals surface area contributed by atoms with Crippen molar-refractivity contribution in [3.05, 3.63) is 54.6 Å². The molecular weight excluding hydrogens is 352 g/mol. The van der Waals surface area contributed by atoms with Crippen molar-refractivity contribution < 1.29 is 19.6 Å². The summed E-state index contributed by atoms with van der Waals surface area (Å²) in [5.74, 6) is 1.89. The van der Waals surface area contributed by atoms with Crippen LogP contribution in [0.1, 0.15) is 38.5 Å². The van der Waals surface area contributed by atoms with Gasteiger partial charge >= 0.3 is 0 Å². The molecule has 2 aliphatic rings. The molecule has 1 atom stereocenters. The predicted octanol–water partition coefficient (Wildman–Crippen LogP) is 3.25. The maximum absolute atomic E-state index is 12.8. The summed E-state index contributed by atoms with van der Waals surface area (Å²) in [6.45, 7) is 0.946. The van der Waals surface area contributed by atoms with Gasteiger partial charge in [-0.25, -0.2) is 4.90 Å². The number of rotatable bonds is 6. The first-order valence-corrected chi connectivity index (χ1v) is 10.2. The van der Waals surface area contributed by atoms with Crippen LogP contribution in [0.2, 0.25) is 0 Å². The summed E-state index contributed by atoms with van der Waals surface area (Å²) in [6, 6.07) is 16.4. The van der Waals surface area contributed by atoms with Crippen LogP contribution in [0.4, 0.5) is 5.69 Å². The Morgan fingerprint density at radius 2 is 1.57 bits per heavy atom. The summed E-state index contributed by atoms with van der Waals surface area (Å²) in [7, 11) is 0. The van der Waals surface area contributed by atoms with Gasteiger partial charge in [0.05, 0.1) is 18.7 Å². The summed E-state index contributed by atoms with van der Waals surface area (Å²) in [5, 5.41) is 2.09. The van der Waals surface area contributed by atoms with Crippen molar-refractivity contribution >= 4 is 17.5 Å². The number of anilines is 1. The number of benzene rings is 2. The van der Waals surface area contributed by atoms with Crippen LogP contribution in [0, 0.1) is 5.92 Å². The normalized spacial score (nSPS) is 20.6. The highest BCUT2D eigenvalue weighted by atomic mass is 16.5. The first-order valence-electron chi connectivity index (χ1n) is 10.2. The summed E-state index contributed by atoms with van der Waals surface area (Å²) >= 11 is 0. The third-order valence-corrected chi connectivity index (χ3v) is 5.73. The number of para-hydroxylation sites is 1. The molecule has 5 nitrogen and oxygen atoms in total. The molecule has 1 heterocycles. The molecule has 0 bridgehead atoms. The van der Waals surface area contributed by atoms with Crippen molar-refractivity contribution in [1.82, 2.24) is 0 Å². The van der Waals surface area contributed by atoms with E-state index < -0.39 is 0 Å². The van der Waals surface area contributed by atoms with Gasteiger partial charge in [0.2, 0.25) is 5.91 Å². The van der Waals surface area contributed by atoms with E-state index in [9.17, 15) is 9.59 Å². The summed E-state index contributed by atoms with van der Waals surface area (Å²) in [5.41, 5.74) is 0.615. The van der Waals surface area contributed by atoms with Gasteiger partial charge in [-0.2, -0.15) is 0 Å². The summed E-state index contributed by atoms with van der Waals surface area (Å²) in [6.07, 6.45) is 6.69. The highest BCUT2D eigenvalue weighted by Gasteiger charge is 2.42. The van der Waals surface area contributed by atoms with Crippen molar-refractivity contribution in [2.24, 2.45) is 5.92 Å². The number of imide groups is 1. The number of quaternary nitrogens is 1. The van der Waals surface area contributed by atoms with E-state index in [1.165, 1.54) is 37.0 Å². The molecule has 2 amide bonds. The lowest BCUT2D eigenvalue weighted by atomic mass is 9.89. The zero-order chi connectivity index (χ0) is 19.3. The van der Waals surface area contributed by atoms with Crippen LogP contribution >= 0.6 is 0 Å². The second-order valence-electron chi connectivity index (χ2n) is 7.76. The van der Waals surface area contributed by atoms with Crippen LogP contribution < -0.4 is 15.0 Å². The second-order valence-corrected chi connectivity index (χ2v) is 7.76. The number of hydrogen-bond acceptors (Lipinski definition) is 3. The number of amides is 2.